The molecule has 69 heavy (non-hydrogen) atoms. The number of carbonyl (C=O) groups excluding carboxylic acids is 1. The number of nitrogens with zero attached hydrogens (tertiary/aromatic N) is 1. The summed E-state index contributed by atoms with van der Waals surface area (Å²) >= 11 is 0. The molecule has 0 rings (SSSR count). The molecule has 0 bridgehead atoms. The van der Waals surface area contributed by atoms with Crippen molar-refractivity contribution < 1.29 is 32.9 Å². The number of aliphatic hydroxyl groups is 1. The second-order valence-corrected chi connectivity index (χ2v) is 20.7. The average Bonchev–Trinajstić information content (AvgIpc) is 3.31. The second-order valence-electron chi connectivity index (χ2n) is 19.2. The Bertz CT molecular complexity index is 1530. The summed E-state index contributed by atoms with van der Waals surface area (Å²) in [6.45, 7) is 4.66. The van der Waals surface area contributed by atoms with E-state index in [2.05, 4.69) is 129 Å². The molecule has 0 saturated heterocycles. The van der Waals surface area contributed by atoms with Gasteiger partial charge in [-0.15, -0.1) is 0 Å². The molecule has 0 aliphatic rings. The average molecular weight is 980 g/mol. The van der Waals surface area contributed by atoms with Crippen LogP contribution in [0.1, 0.15) is 200 Å². The van der Waals surface area contributed by atoms with Crippen molar-refractivity contribution >= 4 is 13.7 Å². The van der Waals surface area contributed by atoms with Crippen molar-refractivity contribution in [3.05, 3.63) is 122 Å². The molecule has 0 saturated carbocycles. The van der Waals surface area contributed by atoms with E-state index in [1.165, 1.54) is 64.2 Å². The second kappa shape index (κ2) is 49.9. The molecule has 9 heteroatoms. The third-order valence-corrected chi connectivity index (χ3v) is 12.4. The number of unbranched alkanes of at least 4 members (excludes halogenated alkanes) is 17. The molecule has 1 amide bonds. The standard InChI is InChI=1S/C60H103N2O6P/c1-6-8-10-12-14-16-18-20-22-23-24-25-26-27-28-29-30-31-32-33-34-35-36-37-38-39-40-42-44-46-48-50-52-54-60(64)61-58(57-68-69(65,66)67-56-55-62(3,4)5)59(63)53-51-49-47-45-43-41-21-19-17-15-13-11-9-7-2/h8,10,14,16,20,22,24-25,27-28,30-31,33-34,36-37,39-40,51,53,58-59,63H,6-7,9,11-13,15,17-19,21,23,26,29,32,35,38,41-50,52,54-57H2,1-5H3,(H-,61,64,65,66)/p+1/b10-8-,16-14-,22-20-,25-24-,28-27-,31-30-,34-33-,37-36-,40-39-,53-51+. The third kappa shape index (κ3) is 52.6. The highest BCUT2D eigenvalue weighted by Gasteiger charge is 2.27. The van der Waals surface area contributed by atoms with Crippen LogP contribution in [0.4, 0.5) is 0 Å². The Morgan fingerprint density at radius 2 is 0.870 bits per heavy atom. The third-order valence-electron chi connectivity index (χ3n) is 11.4. The van der Waals surface area contributed by atoms with Gasteiger partial charge < -0.3 is 19.8 Å². The van der Waals surface area contributed by atoms with E-state index in [1.54, 1.807) is 6.08 Å². The molecule has 3 unspecified atom stereocenters. The van der Waals surface area contributed by atoms with Crippen molar-refractivity contribution in [3.8, 4) is 0 Å². The molecule has 0 aliphatic heterocycles. The molecule has 0 aliphatic carbocycles. The summed E-state index contributed by atoms with van der Waals surface area (Å²) in [5.41, 5.74) is 0. The summed E-state index contributed by atoms with van der Waals surface area (Å²) in [4.78, 5) is 23.2. The lowest BCUT2D eigenvalue weighted by molar-refractivity contribution is -0.870. The molecule has 0 aromatic carbocycles. The number of quaternary nitrogens is 1. The van der Waals surface area contributed by atoms with Gasteiger partial charge in [0.15, 0.2) is 0 Å². The van der Waals surface area contributed by atoms with E-state index in [1.807, 2.05) is 27.2 Å². The highest BCUT2D eigenvalue weighted by atomic mass is 31.2. The van der Waals surface area contributed by atoms with Crippen molar-refractivity contribution in [2.24, 2.45) is 0 Å². The lowest BCUT2D eigenvalue weighted by Crippen LogP contribution is -2.45. The first kappa shape index (κ1) is 65.9. The van der Waals surface area contributed by atoms with E-state index in [0.717, 1.165) is 116 Å². The monoisotopic (exact) mass is 980 g/mol. The minimum Gasteiger partial charge on any atom is -0.387 e. The highest BCUT2D eigenvalue weighted by molar-refractivity contribution is 7.47. The molecular weight excluding hydrogens is 876 g/mol. The van der Waals surface area contributed by atoms with E-state index in [9.17, 15) is 19.4 Å². The topological polar surface area (TPSA) is 105 Å². The summed E-state index contributed by atoms with van der Waals surface area (Å²) in [7, 11) is 1.54. The van der Waals surface area contributed by atoms with Gasteiger partial charge in [-0.05, 0) is 89.9 Å². The summed E-state index contributed by atoms with van der Waals surface area (Å²) in [6, 6.07) is -0.865. The Morgan fingerprint density at radius 1 is 0.507 bits per heavy atom. The van der Waals surface area contributed by atoms with Gasteiger partial charge in [-0.3, -0.25) is 13.8 Å². The largest absolute Gasteiger partial charge is 0.472 e. The fraction of sp³-hybridized carbons (Fsp3) is 0.650. The quantitative estimate of drug-likeness (QED) is 0.0243. The number of amides is 1. The number of rotatable bonds is 48. The van der Waals surface area contributed by atoms with Crippen LogP contribution >= 0.6 is 7.82 Å². The molecule has 0 heterocycles. The Balaban J connectivity index is 4.28. The van der Waals surface area contributed by atoms with E-state index in [0.29, 0.717) is 17.4 Å². The number of allylic oxidation sites excluding steroid dienone is 19. The fourth-order valence-electron chi connectivity index (χ4n) is 7.15. The summed E-state index contributed by atoms with van der Waals surface area (Å²) in [6.07, 6.45) is 74.3. The summed E-state index contributed by atoms with van der Waals surface area (Å²) in [5.74, 6) is -0.202. The fourth-order valence-corrected chi connectivity index (χ4v) is 7.89. The number of carbonyl (C=O) groups is 1. The van der Waals surface area contributed by atoms with Crippen LogP contribution in [-0.2, 0) is 18.4 Å². The van der Waals surface area contributed by atoms with E-state index in [-0.39, 0.29) is 19.1 Å². The minimum atomic E-state index is -4.36. The van der Waals surface area contributed by atoms with Crippen LogP contribution < -0.4 is 5.32 Å². The number of phosphoric ester groups is 1. The van der Waals surface area contributed by atoms with E-state index in [4.69, 9.17) is 9.05 Å². The number of hydrogen-bond acceptors (Lipinski definition) is 5. The van der Waals surface area contributed by atoms with Crippen molar-refractivity contribution in [1.29, 1.82) is 0 Å². The molecule has 0 radical (unpaired) electrons. The summed E-state index contributed by atoms with van der Waals surface area (Å²) in [5, 5.41) is 13.9. The Kier molecular flexibility index (Phi) is 47.6. The number of likely N-dealkylation sites (N-methyl/N-ethyl adjacent to an activating group) is 1. The zero-order valence-electron chi connectivity index (χ0n) is 44.8. The van der Waals surface area contributed by atoms with Crippen LogP contribution in [0.15, 0.2) is 122 Å². The molecule has 0 spiro atoms. The number of nitrogens with one attached hydrogen (secondary N) is 1. The predicted molar refractivity (Wildman–Crippen MR) is 299 cm³/mol. The van der Waals surface area contributed by atoms with Gasteiger partial charge in [0.25, 0.3) is 0 Å². The SMILES string of the molecule is CC/C=C\C/C=C\C/C=C\C/C=C\C/C=C\C/C=C\C/C=C\C/C=C\C/C=C\CCCCCCCC(=O)NC(COP(=O)(O)OCC[N+](C)(C)C)C(O)/C=C/CCCCCCCCCCCCCC. The molecule has 3 N–H and O–H groups in total. The molecule has 3 atom stereocenters. The zero-order chi connectivity index (χ0) is 50.6. The predicted octanol–water partition coefficient (Wildman–Crippen LogP) is 16.6. The van der Waals surface area contributed by atoms with Crippen molar-refractivity contribution in [1.82, 2.24) is 5.32 Å². The smallest absolute Gasteiger partial charge is 0.387 e. The first-order valence-electron chi connectivity index (χ1n) is 27.4. The molecular formula is C60H104N2O6P+. The molecule has 394 valence electrons. The van der Waals surface area contributed by atoms with Crippen LogP contribution in [-0.4, -0.2) is 73.4 Å². The lowest BCUT2D eigenvalue weighted by atomic mass is 10.0. The van der Waals surface area contributed by atoms with Gasteiger partial charge in [0.2, 0.25) is 5.91 Å². The normalized spacial score (nSPS) is 14.9. The van der Waals surface area contributed by atoms with Crippen LogP contribution in [0.2, 0.25) is 0 Å². The van der Waals surface area contributed by atoms with Crippen molar-refractivity contribution in [2.75, 3.05) is 40.9 Å². The maximum Gasteiger partial charge on any atom is 0.472 e. The zero-order valence-corrected chi connectivity index (χ0v) is 45.6. The molecule has 0 aromatic rings. The Morgan fingerprint density at radius 3 is 1.28 bits per heavy atom. The van der Waals surface area contributed by atoms with Gasteiger partial charge in [0.1, 0.15) is 13.2 Å². The number of aliphatic hydroxyl groups excluding tert-OH is 1. The number of phosphoric acid groups is 1. The van der Waals surface area contributed by atoms with E-state index >= 15 is 0 Å². The van der Waals surface area contributed by atoms with Gasteiger partial charge in [0.05, 0.1) is 39.9 Å². The van der Waals surface area contributed by atoms with E-state index < -0.39 is 20.0 Å². The van der Waals surface area contributed by atoms with Crippen LogP contribution in [0.3, 0.4) is 0 Å². The maximum absolute atomic E-state index is 12.9. The van der Waals surface area contributed by atoms with Crippen molar-refractivity contribution in [3.63, 3.8) is 0 Å². The van der Waals surface area contributed by atoms with Crippen LogP contribution in [0.25, 0.3) is 0 Å². The molecule has 0 fully saturated rings. The number of hydrogen-bond donors (Lipinski definition) is 3. The van der Waals surface area contributed by atoms with Gasteiger partial charge in [0, 0.05) is 6.42 Å². The van der Waals surface area contributed by atoms with Gasteiger partial charge >= 0.3 is 7.82 Å². The van der Waals surface area contributed by atoms with Gasteiger partial charge in [-0.25, -0.2) is 4.57 Å². The first-order chi connectivity index (χ1) is 33.5. The van der Waals surface area contributed by atoms with Crippen molar-refractivity contribution in [2.45, 2.75) is 212 Å². The molecule has 0 aromatic heterocycles. The maximum atomic E-state index is 12.9. The van der Waals surface area contributed by atoms with Gasteiger partial charge in [-0.2, -0.15) is 0 Å². The summed E-state index contributed by atoms with van der Waals surface area (Å²) < 4.78 is 23.6. The van der Waals surface area contributed by atoms with Crippen LogP contribution in [0, 0.1) is 0 Å². The van der Waals surface area contributed by atoms with Gasteiger partial charge in [-0.1, -0.05) is 225 Å². The first-order valence-corrected chi connectivity index (χ1v) is 28.9. The van der Waals surface area contributed by atoms with Crippen LogP contribution in [0.5, 0.6) is 0 Å². The Labute approximate surface area is 424 Å². The minimum absolute atomic E-state index is 0.0508. The highest BCUT2D eigenvalue weighted by Crippen LogP contribution is 2.43. The lowest BCUT2D eigenvalue weighted by Gasteiger charge is -2.25. The molecule has 8 nitrogen and oxygen atoms in total. The Hall–Kier alpha value is -3.10.